The molecule has 2 aromatic rings. The van der Waals surface area contributed by atoms with Gasteiger partial charge in [0.15, 0.2) is 6.29 Å². The van der Waals surface area contributed by atoms with Crippen LogP contribution in [0, 0.1) is 23.1 Å². The van der Waals surface area contributed by atoms with Crippen LogP contribution in [0.25, 0.3) is 11.1 Å². The Labute approximate surface area is 167 Å². The molecule has 1 heterocycles. The molecule has 0 spiro atoms. The van der Waals surface area contributed by atoms with E-state index < -0.39 is 5.82 Å². The Morgan fingerprint density at radius 2 is 1.71 bits per heavy atom. The zero-order valence-corrected chi connectivity index (χ0v) is 16.5. The molecule has 0 unspecified atom stereocenters. The average molecular weight is 381 g/mol. The van der Waals surface area contributed by atoms with Crippen molar-refractivity contribution < 1.29 is 13.9 Å². The van der Waals surface area contributed by atoms with Crippen molar-refractivity contribution in [2.45, 2.75) is 51.7 Å². The Balaban J connectivity index is 1.46. The fourth-order valence-electron chi connectivity index (χ4n) is 3.53. The monoisotopic (exact) mass is 381 g/mol. The fourth-order valence-corrected chi connectivity index (χ4v) is 3.53. The molecule has 1 fully saturated rings. The molecule has 1 aliphatic heterocycles. The van der Waals surface area contributed by atoms with E-state index in [1.807, 2.05) is 18.2 Å². The van der Waals surface area contributed by atoms with Crippen molar-refractivity contribution in [3.8, 4) is 17.2 Å². The van der Waals surface area contributed by atoms with E-state index in [9.17, 15) is 4.39 Å². The second-order valence-corrected chi connectivity index (χ2v) is 7.50. The van der Waals surface area contributed by atoms with E-state index in [4.69, 9.17) is 14.7 Å². The highest BCUT2D eigenvalue weighted by Crippen LogP contribution is 2.24. The zero-order chi connectivity index (χ0) is 19.8. The summed E-state index contributed by atoms with van der Waals surface area (Å²) in [5, 5.41) is 8.84. The molecular weight excluding hydrogens is 353 g/mol. The first-order chi connectivity index (χ1) is 13.7. The van der Waals surface area contributed by atoms with Gasteiger partial charge >= 0.3 is 0 Å². The number of nitrogens with zero attached hydrogens (tertiary/aromatic N) is 1. The number of ether oxygens (including phenoxy) is 2. The molecule has 0 aliphatic carbocycles. The molecule has 148 valence electrons. The van der Waals surface area contributed by atoms with E-state index in [2.05, 4.69) is 19.1 Å². The van der Waals surface area contributed by atoms with E-state index in [0.29, 0.717) is 5.92 Å². The molecule has 28 heavy (non-hydrogen) atoms. The number of rotatable bonds is 8. The maximum atomic E-state index is 13.8. The maximum Gasteiger partial charge on any atom is 0.157 e. The summed E-state index contributed by atoms with van der Waals surface area (Å²) >= 11 is 0. The minimum Gasteiger partial charge on any atom is -0.352 e. The molecule has 0 aromatic heterocycles. The first-order valence-corrected chi connectivity index (χ1v) is 10.2. The molecule has 2 aromatic carbocycles. The lowest BCUT2D eigenvalue weighted by atomic mass is 10.0. The summed E-state index contributed by atoms with van der Waals surface area (Å²) in [4.78, 5) is 0. The number of aryl methyl sites for hydroxylation is 1. The molecule has 1 aliphatic rings. The molecule has 0 saturated carbocycles. The van der Waals surface area contributed by atoms with Crippen LogP contribution < -0.4 is 0 Å². The molecule has 1 saturated heterocycles. The normalized spacial score (nSPS) is 19.3. The van der Waals surface area contributed by atoms with Gasteiger partial charge in [0.2, 0.25) is 0 Å². The number of nitriles is 1. The number of hydrogen-bond acceptors (Lipinski definition) is 3. The number of halogens is 1. The lowest BCUT2D eigenvalue weighted by molar-refractivity contribution is -0.203. The lowest BCUT2D eigenvalue weighted by Gasteiger charge is -2.29. The van der Waals surface area contributed by atoms with Crippen molar-refractivity contribution in [3.63, 3.8) is 0 Å². The number of unbranched alkanes of at least 4 members (excludes halogenated alkanes) is 2. The quantitative estimate of drug-likeness (QED) is 0.537. The first-order valence-electron chi connectivity index (χ1n) is 10.2. The minimum absolute atomic E-state index is 0.0699. The summed E-state index contributed by atoms with van der Waals surface area (Å²) in [7, 11) is 0. The van der Waals surface area contributed by atoms with Crippen LogP contribution in [0.1, 0.15) is 50.2 Å². The van der Waals surface area contributed by atoms with Gasteiger partial charge in [-0.15, -0.1) is 0 Å². The largest absolute Gasteiger partial charge is 0.352 e. The third-order valence-corrected chi connectivity index (χ3v) is 5.30. The summed E-state index contributed by atoms with van der Waals surface area (Å²) in [6.45, 7) is 3.83. The van der Waals surface area contributed by atoms with Gasteiger partial charge in [0.25, 0.3) is 0 Å². The van der Waals surface area contributed by atoms with Gasteiger partial charge in [-0.2, -0.15) is 5.26 Å². The van der Waals surface area contributed by atoms with Gasteiger partial charge in [0, 0.05) is 12.3 Å². The number of hydrogen-bond donors (Lipinski definition) is 0. The van der Waals surface area contributed by atoms with Gasteiger partial charge in [-0.05, 0) is 41.7 Å². The van der Waals surface area contributed by atoms with E-state index in [0.717, 1.165) is 37.2 Å². The van der Waals surface area contributed by atoms with Crippen molar-refractivity contribution in [3.05, 3.63) is 59.4 Å². The summed E-state index contributed by atoms with van der Waals surface area (Å²) < 4.78 is 25.6. The summed E-state index contributed by atoms with van der Waals surface area (Å²) in [5.41, 5.74) is 2.99. The molecule has 3 nitrogen and oxygen atoms in total. The van der Waals surface area contributed by atoms with E-state index in [1.54, 1.807) is 6.07 Å². The Hall–Kier alpha value is -2.22. The SMILES string of the molecule is CCCCCC1COC(CCc2ccc(-c3ccc(C#N)c(F)c3)cc2)OC1. The lowest BCUT2D eigenvalue weighted by Crippen LogP contribution is -2.32. The van der Waals surface area contributed by atoms with Crippen LogP contribution in [0.2, 0.25) is 0 Å². The third kappa shape index (κ3) is 5.64. The van der Waals surface area contributed by atoms with Crippen molar-refractivity contribution in [1.82, 2.24) is 0 Å². The Morgan fingerprint density at radius 3 is 2.36 bits per heavy atom. The second kappa shape index (κ2) is 10.4. The molecule has 4 heteroatoms. The van der Waals surface area contributed by atoms with Crippen molar-refractivity contribution >= 4 is 0 Å². The maximum absolute atomic E-state index is 13.8. The predicted molar refractivity (Wildman–Crippen MR) is 108 cm³/mol. The van der Waals surface area contributed by atoms with Crippen LogP contribution in [-0.2, 0) is 15.9 Å². The number of benzene rings is 2. The zero-order valence-electron chi connectivity index (χ0n) is 16.5. The summed E-state index contributed by atoms with van der Waals surface area (Å²) in [6.07, 6.45) is 6.59. The van der Waals surface area contributed by atoms with Crippen molar-refractivity contribution in [1.29, 1.82) is 5.26 Å². The van der Waals surface area contributed by atoms with Crippen LogP contribution in [0.3, 0.4) is 0 Å². The van der Waals surface area contributed by atoms with Crippen LogP contribution in [0.15, 0.2) is 42.5 Å². The first kappa shape index (κ1) is 20.5. The predicted octanol–water partition coefficient (Wildman–Crippen LogP) is 5.87. The molecule has 0 N–H and O–H groups in total. The average Bonchev–Trinajstić information content (AvgIpc) is 2.74. The van der Waals surface area contributed by atoms with Gasteiger partial charge in [-0.1, -0.05) is 56.5 Å². The molecular formula is C24H28FNO2. The highest BCUT2D eigenvalue weighted by atomic mass is 19.1. The molecule has 3 rings (SSSR count). The van der Waals surface area contributed by atoms with E-state index >= 15 is 0 Å². The Kier molecular flexibility index (Phi) is 7.59. The smallest absolute Gasteiger partial charge is 0.157 e. The highest BCUT2D eigenvalue weighted by Gasteiger charge is 2.21. The second-order valence-electron chi connectivity index (χ2n) is 7.50. The van der Waals surface area contributed by atoms with Gasteiger partial charge in [0.05, 0.1) is 18.8 Å². The van der Waals surface area contributed by atoms with E-state index in [-0.39, 0.29) is 11.9 Å². The van der Waals surface area contributed by atoms with Crippen molar-refractivity contribution in [2.75, 3.05) is 13.2 Å². The topological polar surface area (TPSA) is 42.2 Å². The van der Waals surface area contributed by atoms with Crippen LogP contribution in [0.4, 0.5) is 4.39 Å². The van der Waals surface area contributed by atoms with Crippen LogP contribution in [-0.4, -0.2) is 19.5 Å². The van der Waals surface area contributed by atoms with Gasteiger partial charge in [-0.25, -0.2) is 4.39 Å². The van der Waals surface area contributed by atoms with Crippen LogP contribution >= 0.6 is 0 Å². The Morgan fingerprint density at radius 1 is 1.00 bits per heavy atom. The van der Waals surface area contributed by atoms with Gasteiger partial charge in [0.1, 0.15) is 11.9 Å². The third-order valence-electron chi connectivity index (χ3n) is 5.30. The van der Waals surface area contributed by atoms with Crippen LogP contribution in [0.5, 0.6) is 0 Å². The molecule has 0 atom stereocenters. The minimum atomic E-state index is -0.483. The highest BCUT2D eigenvalue weighted by molar-refractivity contribution is 5.64. The summed E-state index contributed by atoms with van der Waals surface area (Å²) in [6, 6.07) is 14.6. The molecule has 0 amide bonds. The molecule has 0 radical (unpaired) electrons. The van der Waals surface area contributed by atoms with E-state index in [1.165, 1.54) is 43.4 Å². The standard InChI is InChI=1S/C24H28FNO2/c1-2-3-4-5-19-16-27-24(28-17-19)13-8-18-6-9-20(10-7-18)21-11-12-22(15-26)23(25)14-21/h6-7,9-12,14,19,24H,2-5,8,13,16-17H2,1H3. The van der Waals surface area contributed by atoms with Gasteiger partial charge < -0.3 is 9.47 Å². The Bertz CT molecular complexity index is 789. The molecule has 0 bridgehead atoms. The summed E-state index contributed by atoms with van der Waals surface area (Å²) in [5.74, 6) is 0.0542. The van der Waals surface area contributed by atoms with Gasteiger partial charge in [-0.3, -0.25) is 0 Å². The fraction of sp³-hybridized carbons (Fsp3) is 0.458. The van der Waals surface area contributed by atoms with Crippen molar-refractivity contribution in [2.24, 2.45) is 5.92 Å².